The van der Waals surface area contributed by atoms with Crippen LogP contribution in [-0.2, 0) is 9.59 Å². The summed E-state index contributed by atoms with van der Waals surface area (Å²) in [5, 5.41) is 12.1. The van der Waals surface area contributed by atoms with Gasteiger partial charge in [0.05, 0.1) is 0 Å². The maximum Gasteiger partial charge on any atom is 0.326 e. The molecule has 2 fully saturated rings. The molecule has 6 heteroatoms. The van der Waals surface area contributed by atoms with Gasteiger partial charge in [-0.2, -0.15) is 23.5 Å². The molecule has 102 valence electrons. The summed E-state index contributed by atoms with van der Waals surface area (Å²) in [6.07, 6.45) is 3.25. The minimum absolute atomic E-state index is 0.108. The van der Waals surface area contributed by atoms with Gasteiger partial charge >= 0.3 is 5.97 Å². The van der Waals surface area contributed by atoms with Crippen LogP contribution in [0.3, 0.4) is 0 Å². The fourth-order valence-electron chi connectivity index (χ4n) is 2.02. The molecule has 1 amide bonds. The Bertz CT molecular complexity index is 314. The summed E-state index contributed by atoms with van der Waals surface area (Å²) in [6.45, 7) is 0. The van der Waals surface area contributed by atoms with Crippen LogP contribution in [0.5, 0.6) is 0 Å². The van der Waals surface area contributed by atoms with Crippen LogP contribution in [0, 0.1) is 5.92 Å². The summed E-state index contributed by atoms with van der Waals surface area (Å²) in [6, 6.07) is -0.689. The fourth-order valence-corrected chi connectivity index (χ4v) is 4.70. The molecule has 2 N–H and O–H groups in total. The van der Waals surface area contributed by atoms with Gasteiger partial charge in [0, 0.05) is 28.9 Å². The smallest absolute Gasteiger partial charge is 0.326 e. The first kappa shape index (κ1) is 14.1. The van der Waals surface area contributed by atoms with Gasteiger partial charge in [-0.1, -0.05) is 12.8 Å². The van der Waals surface area contributed by atoms with Gasteiger partial charge in [-0.15, -0.1) is 0 Å². The van der Waals surface area contributed by atoms with Crippen LogP contribution in [0.25, 0.3) is 0 Å². The number of carboxylic acid groups (broad SMARTS) is 1. The SMILES string of the molecule is O=C(CC1CSCCS1)NC(CC1CC1)C(=O)O. The molecule has 0 aromatic rings. The van der Waals surface area contributed by atoms with Gasteiger partial charge in [0.15, 0.2) is 0 Å². The summed E-state index contributed by atoms with van der Waals surface area (Å²) in [7, 11) is 0. The minimum atomic E-state index is -0.902. The second-order valence-corrected chi connectivity index (χ2v) is 7.47. The molecule has 18 heavy (non-hydrogen) atoms. The highest BCUT2D eigenvalue weighted by Crippen LogP contribution is 2.33. The van der Waals surface area contributed by atoms with Gasteiger partial charge in [0.25, 0.3) is 0 Å². The molecular formula is C12H19NO3S2. The summed E-state index contributed by atoms with van der Waals surface area (Å²) < 4.78 is 0. The van der Waals surface area contributed by atoms with E-state index in [2.05, 4.69) is 5.32 Å². The average Bonchev–Trinajstić information content (AvgIpc) is 3.13. The number of amides is 1. The molecule has 2 atom stereocenters. The Morgan fingerprint density at radius 2 is 2.11 bits per heavy atom. The Kier molecular flexibility index (Phi) is 5.24. The number of aliphatic carboxylic acids is 1. The molecule has 2 aliphatic rings. The van der Waals surface area contributed by atoms with Crippen molar-refractivity contribution in [3.63, 3.8) is 0 Å². The molecule has 1 heterocycles. The Hall–Kier alpha value is -0.360. The third-order valence-electron chi connectivity index (χ3n) is 3.20. The molecule has 1 aliphatic carbocycles. The lowest BCUT2D eigenvalue weighted by Crippen LogP contribution is -2.42. The Morgan fingerprint density at radius 3 is 2.67 bits per heavy atom. The van der Waals surface area contributed by atoms with Crippen molar-refractivity contribution in [2.45, 2.75) is 37.0 Å². The zero-order valence-corrected chi connectivity index (χ0v) is 11.9. The molecule has 2 rings (SSSR count). The maximum absolute atomic E-state index is 11.8. The van der Waals surface area contributed by atoms with Gasteiger partial charge in [-0.25, -0.2) is 4.79 Å². The molecule has 0 aromatic carbocycles. The Morgan fingerprint density at radius 1 is 1.33 bits per heavy atom. The lowest BCUT2D eigenvalue weighted by atomic mass is 10.1. The topological polar surface area (TPSA) is 66.4 Å². The van der Waals surface area contributed by atoms with Crippen molar-refractivity contribution >= 4 is 35.4 Å². The molecule has 0 radical (unpaired) electrons. The number of carbonyl (C=O) groups excluding carboxylic acids is 1. The van der Waals surface area contributed by atoms with Crippen molar-refractivity contribution in [2.75, 3.05) is 17.3 Å². The van der Waals surface area contributed by atoms with Crippen molar-refractivity contribution in [1.29, 1.82) is 0 Å². The van der Waals surface area contributed by atoms with Crippen LogP contribution in [-0.4, -0.2) is 45.5 Å². The molecule has 0 bridgehead atoms. The average molecular weight is 289 g/mol. The van der Waals surface area contributed by atoms with Crippen molar-refractivity contribution in [3.05, 3.63) is 0 Å². The van der Waals surface area contributed by atoms with Crippen LogP contribution in [0.4, 0.5) is 0 Å². The Balaban J connectivity index is 1.74. The number of carbonyl (C=O) groups is 2. The number of nitrogens with one attached hydrogen (secondary N) is 1. The van der Waals surface area contributed by atoms with Crippen LogP contribution < -0.4 is 5.32 Å². The monoisotopic (exact) mass is 289 g/mol. The fraction of sp³-hybridized carbons (Fsp3) is 0.833. The zero-order valence-electron chi connectivity index (χ0n) is 10.3. The predicted molar refractivity (Wildman–Crippen MR) is 75.1 cm³/mol. The van der Waals surface area contributed by atoms with Gasteiger partial charge in [-0.3, -0.25) is 4.79 Å². The molecular weight excluding hydrogens is 270 g/mol. The predicted octanol–water partition coefficient (Wildman–Crippen LogP) is 1.59. The maximum atomic E-state index is 11.8. The van der Waals surface area contributed by atoms with Crippen molar-refractivity contribution in [3.8, 4) is 0 Å². The highest BCUT2D eigenvalue weighted by Gasteiger charge is 2.30. The molecule has 0 spiro atoms. The second kappa shape index (κ2) is 6.70. The highest BCUT2D eigenvalue weighted by atomic mass is 32.2. The molecule has 4 nitrogen and oxygen atoms in total. The molecule has 0 aromatic heterocycles. The lowest BCUT2D eigenvalue weighted by Gasteiger charge is -2.21. The summed E-state index contributed by atoms with van der Waals surface area (Å²) in [4.78, 5) is 22.9. The third kappa shape index (κ3) is 4.72. The van der Waals surface area contributed by atoms with Crippen molar-refractivity contribution < 1.29 is 14.7 Å². The standard InChI is InChI=1S/C12H19NO3S2/c14-11(6-9-7-17-3-4-18-9)13-10(12(15)16)5-8-1-2-8/h8-10H,1-7H2,(H,13,14)(H,15,16). The van der Waals surface area contributed by atoms with E-state index in [-0.39, 0.29) is 5.91 Å². The van der Waals surface area contributed by atoms with E-state index in [1.165, 1.54) is 0 Å². The molecule has 1 saturated heterocycles. The van der Waals surface area contributed by atoms with Crippen molar-refractivity contribution in [1.82, 2.24) is 5.32 Å². The van der Waals surface area contributed by atoms with E-state index in [0.29, 0.717) is 24.0 Å². The zero-order chi connectivity index (χ0) is 13.0. The first-order valence-corrected chi connectivity index (χ1v) is 8.57. The summed E-state index contributed by atoms with van der Waals surface area (Å²) in [5.74, 6) is 2.74. The lowest BCUT2D eigenvalue weighted by molar-refractivity contribution is -0.142. The van der Waals surface area contributed by atoms with E-state index in [9.17, 15) is 9.59 Å². The molecule has 1 aliphatic heterocycles. The molecule has 1 saturated carbocycles. The number of rotatable bonds is 6. The number of hydrogen-bond acceptors (Lipinski definition) is 4. The van der Waals surface area contributed by atoms with Gasteiger partial charge < -0.3 is 10.4 Å². The van der Waals surface area contributed by atoms with E-state index in [1.54, 1.807) is 0 Å². The van der Waals surface area contributed by atoms with Gasteiger partial charge in [0.2, 0.25) is 5.91 Å². The normalized spacial score (nSPS) is 25.4. The van der Waals surface area contributed by atoms with Crippen LogP contribution >= 0.6 is 23.5 Å². The highest BCUT2D eigenvalue weighted by molar-refractivity contribution is 8.06. The third-order valence-corrected chi connectivity index (χ3v) is 6.04. The van der Waals surface area contributed by atoms with Crippen LogP contribution in [0.15, 0.2) is 0 Å². The van der Waals surface area contributed by atoms with Gasteiger partial charge in [-0.05, 0) is 12.3 Å². The minimum Gasteiger partial charge on any atom is -0.480 e. The second-order valence-electron chi connectivity index (χ2n) is 4.91. The van der Waals surface area contributed by atoms with E-state index < -0.39 is 12.0 Å². The van der Waals surface area contributed by atoms with Gasteiger partial charge in [0.1, 0.15) is 6.04 Å². The number of thioether (sulfide) groups is 2. The van der Waals surface area contributed by atoms with Crippen molar-refractivity contribution in [2.24, 2.45) is 5.92 Å². The first-order valence-electron chi connectivity index (χ1n) is 6.36. The van der Waals surface area contributed by atoms with E-state index >= 15 is 0 Å². The van der Waals surface area contributed by atoms with E-state index in [0.717, 1.165) is 30.1 Å². The molecule has 2 unspecified atom stereocenters. The Labute approximate surface area is 116 Å². The summed E-state index contributed by atoms with van der Waals surface area (Å²) >= 11 is 3.70. The first-order chi connectivity index (χ1) is 8.65. The van der Waals surface area contributed by atoms with E-state index in [4.69, 9.17) is 5.11 Å². The van der Waals surface area contributed by atoms with E-state index in [1.807, 2.05) is 23.5 Å². The number of carboxylic acids is 1. The van der Waals surface area contributed by atoms with Crippen LogP contribution in [0.2, 0.25) is 0 Å². The largest absolute Gasteiger partial charge is 0.480 e. The number of hydrogen-bond donors (Lipinski definition) is 2. The quantitative estimate of drug-likeness (QED) is 0.777. The van der Waals surface area contributed by atoms with Crippen LogP contribution in [0.1, 0.15) is 25.7 Å². The summed E-state index contributed by atoms with van der Waals surface area (Å²) in [5.41, 5.74) is 0.